The number of benzene rings is 1. The molecule has 2 aliphatic rings. The molecule has 0 aromatic heterocycles. The van der Waals surface area contributed by atoms with E-state index in [9.17, 15) is 4.79 Å². The third-order valence-corrected chi connectivity index (χ3v) is 6.03. The number of likely N-dealkylation sites (tertiary alicyclic amines) is 2. The zero-order valence-electron chi connectivity index (χ0n) is 16.7. The minimum atomic E-state index is 0.127. The Balaban J connectivity index is 1.34. The standard InChI is InChI=1S/C22H35N3O2/c1-27-15-14-24-11-5-8-21(18-24)17-23-22(26)25-12-9-20(10-13-25)16-19-6-3-2-4-7-19/h2-4,6-7,20-21H,5,8-18H2,1H3,(H,23,26)/t21-/m0/s1. The van der Waals surface area contributed by atoms with E-state index in [1.54, 1.807) is 7.11 Å². The maximum atomic E-state index is 12.5. The molecule has 1 aromatic rings. The van der Waals surface area contributed by atoms with Gasteiger partial charge in [-0.2, -0.15) is 0 Å². The third-order valence-electron chi connectivity index (χ3n) is 6.03. The number of nitrogens with zero attached hydrogens (tertiary/aromatic N) is 2. The summed E-state index contributed by atoms with van der Waals surface area (Å²) in [6, 6.07) is 10.8. The summed E-state index contributed by atoms with van der Waals surface area (Å²) in [7, 11) is 1.75. The van der Waals surface area contributed by atoms with Crippen molar-refractivity contribution in [1.82, 2.24) is 15.1 Å². The lowest BCUT2D eigenvalue weighted by atomic mass is 9.90. The van der Waals surface area contributed by atoms with Crippen LogP contribution in [0, 0.1) is 11.8 Å². The number of nitrogens with one attached hydrogen (secondary N) is 1. The molecule has 0 bridgehead atoms. The van der Waals surface area contributed by atoms with Crippen molar-refractivity contribution in [2.75, 3.05) is 53.0 Å². The largest absolute Gasteiger partial charge is 0.383 e. The van der Waals surface area contributed by atoms with Crippen molar-refractivity contribution in [1.29, 1.82) is 0 Å². The highest BCUT2D eigenvalue weighted by Crippen LogP contribution is 2.22. The Morgan fingerprint density at radius 3 is 2.63 bits per heavy atom. The molecule has 2 fully saturated rings. The van der Waals surface area contributed by atoms with Gasteiger partial charge in [0.1, 0.15) is 0 Å². The van der Waals surface area contributed by atoms with Gasteiger partial charge in [-0.1, -0.05) is 30.3 Å². The van der Waals surface area contributed by atoms with Gasteiger partial charge in [0, 0.05) is 39.8 Å². The molecular weight excluding hydrogens is 338 g/mol. The van der Waals surface area contributed by atoms with Crippen LogP contribution < -0.4 is 5.32 Å². The Morgan fingerprint density at radius 2 is 1.89 bits per heavy atom. The van der Waals surface area contributed by atoms with E-state index in [0.717, 1.165) is 65.1 Å². The second-order valence-electron chi connectivity index (χ2n) is 8.11. The summed E-state index contributed by atoms with van der Waals surface area (Å²) in [5.41, 5.74) is 1.41. The zero-order chi connectivity index (χ0) is 18.9. The average molecular weight is 374 g/mol. The molecular formula is C22H35N3O2. The van der Waals surface area contributed by atoms with Crippen molar-refractivity contribution in [3.8, 4) is 0 Å². The van der Waals surface area contributed by atoms with Gasteiger partial charge in [0.05, 0.1) is 6.61 Å². The second kappa shape index (κ2) is 10.7. The van der Waals surface area contributed by atoms with Gasteiger partial charge >= 0.3 is 6.03 Å². The Kier molecular flexibility index (Phi) is 7.96. The lowest BCUT2D eigenvalue weighted by Gasteiger charge is -2.34. The Hall–Kier alpha value is -1.59. The first-order chi connectivity index (χ1) is 13.2. The second-order valence-corrected chi connectivity index (χ2v) is 8.11. The molecule has 0 radical (unpaired) electrons. The summed E-state index contributed by atoms with van der Waals surface area (Å²) in [6.07, 6.45) is 5.78. The minimum Gasteiger partial charge on any atom is -0.383 e. The number of hydrogen-bond acceptors (Lipinski definition) is 3. The van der Waals surface area contributed by atoms with Crippen LogP contribution in [0.15, 0.2) is 30.3 Å². The number of hydrogen-bond donors (Lipinski definition) is 1. The first kappa shape index (κ1) is 20.2. The molecule has 1 atom stereocenters. The van der Waals surface area contributed by atoms with Crippen molar-refractivity contribution in [2.24, 2.45) is 11.8 Å². The first-order valence-corrected chi connectivity index (χ1v) is 10.5. The van der Waals surface area contributed by atoms with Crippen LogP contribution in [0.5, 0.6) is 0 Å². The predicted octanol–water partition coefficient (Wildman–Crippen LogP) is 3.01. The van der Waals surface area contributed by atoms with Crippen LogP contribution in [0.1, 0.15) is 31.2 Å². The third kappa shape index (κ3) is 6.51. The topological polar surface area (TPSA) is 44.8 Å². The molecule has 27 heavy (non-hydrogen) atoms. The summed E-state index contributed by atoms with van der Waals surface area (Å²) in [5, 5.41) is 3.19. The summed E-state index contributed by atoms with van der Waals surface area (Å²) in [5.74, 6) is 1.26. The Labute approximate surface area is 164 Å². The monoisotopic (exact) mass is 373 g/mol. The minimum absolute atomic E-state index is 0.127. The lowest BCUT2D eigenvalue weighted by molar-refractivity contribution is 0.113. The van der Waals surface area contributed by atoms with E-state index < -0.39 is 0 Å². The van der Waals surface area contributed by atoms with E-state index >= 15 is 0 Å². The number of urea groups is 1. The summed E-state index contributed by atoms with van der Waals surface area (Å²) >= 11 is 0. The van der Waals surface area contributed by atoms with Crippen LogP contribution >= 0.6 is 0 Å². The highest BCUT2D eigenvalue weighted by Gasteiger charge is 2.24. The zero-order valence-corrected chi connectivity index (χ0v) is 16.7. The van der Waals surface area contributed by atoms with Crippen LogP contribution in [-0.2, 0) is 11.2 Å². The van der Waals surface area contributed by atoms with E-state index in [2.05, 4.69) is 40.5 Å². The quantitative estimate of drug-likeness (QED) is 0.799. The fraction of sp³-hybridized carbons (Fsp3) is 0.682. The molecule has 1 aromatic carbocycles. The van der Waals surface area contributed by atoms with E-state index in [1.165, 1.54) is 18.4 Å². The number of rotatable bonds is 7. The smallest absolute Gasteiger partial charge is 0.317 e. The average Bonchev–Trinajstić information content (AvgIpc) is 2.72. The number of piperidine rings is 2. The summed E-state index contributed by atoms with van der Waals surface area (Å²) in [6.45, 7) is 6.58. The Morgan fingerprint density at radius 1 is 1.11 bits per heavy atom. The molecule has 0 spiro atoms. The molecule has 2 amide bonds. The highest BCUT2D eigenvalue weighted by atomic mass is 16.5. The molecule has 2 heterocycles. The molecule has 0 saturated carbocycles. The molecule has 3 rings (SSSR count). The van der Waals surface area contributed by atoms with Gasteiger partial charge in [0.2, 0.25) is 0 Å². The predicted molar refractivity (Wildman–Crippen MR) is 109 cm³/mol. The van der Waals surface area contributed by atoms with Gasteiger partial charge in [-0.25, -0.2) is 4.79 Å². The Bertz CT molecular complexity index is 558. The SMILES string of the molecule is COCCN1CCC[C@@H](CNC(=O)N2CCC(Cc3ccccc3)CC2)C1. The number of carbonyl (C=O) groups is 1. The van der Waals surface area contributed by atoms with E-state index in [1.807, 2.05) is 4.90 Å². The molecule has 5 heteroatoms. The maximum absolute atomic E-state index is 12.5. The number of methoxy groups -OCH3 is 1. The highest BCUT2D eigenvalue weighted by molar-refractivity contribution is 5.74. The van der Waals surface area contributed by atoms with Crippen molar-refractivity contribution in [3.05, 3.63) is 35.9 Å². The van der Waals surface area contributed by atoms with Gasteiger partial charge in [-0.15, -0.1) is 0 Å². The molecule has 1 N–H and O–H groups in total. The van der Waals surface area contributed by atoms with E-state index in [0.29, 0.717) is 11.8 Å². The van der Waals surface area contributed by atoms with Crippen molar-refractivity contribution in [3.63, 3.8) is 0 Å². The molecule has 2 saturated heterocycles. The van der Waals surface area contributed by atoms with Crippen LogP contribution in [-0.4, -0.2) is 68.8 Å². The van der Waals surface area contributed by atoms with Gasteiger partial charge < -0.3 is 19.9 Å². The normalized spacial score (nSPS) is 22.0. The molecule has 0 aliphatic carbocycles. The number of ether oxygens (including phenoxy) is 1. The summed E-state index contributed by atoms with van der Waals surface area (Å²) in [4.78, 5) is 17.0. The van der Waals surface area contributed by atoms with Crippen molar-refractivity contribution < 1.29 is 9.53 Å². The lowest BCUT2D eigenvalue weighted by Crippen LogP contribution is -2.48. The fourth-order valence-electron chi connectivity index (χ4n) is 4.37. The van der Waals surface area contributed by atoms with Gasteiger partial charge in [-0.05, 0) is 56.0 Å². The van der Waals surface area contributed by atoms with Crippen LogP contribution in [0.2, 0.25) is 0 Å². The van der Waals surface area contributed by atoms with Crippen LogP contribution in [0.25, 0.3) is 0 Å². The first-order valence-electron chi connectivity index (χ1n) is 10.5. The number of carbonyl (C=O) groups excluding carboxylic acids is 1. The number of amides is 2. The van der Waals surface area contributed by atoms with E-state index in [-0.39, 0.29) is 6.03 Å². The van der Waals surface area contributed by atoms with Gasteiger partial charge in [-0.3, -0.25) is 0 Å². The van der Waals surface area contributed by atoms with Crippen molar-refractivity contribution in [2.45, 2.75) is 32.1 Å². The molecule has 0 unspecified atom stereocenters. The van der Waals surface area contributed by atoms with Crippen molar-refractivity contribution >= 4 is 6.03 Å². The molecule has 2 aliphatic heterocycles. The van der Waals surface area contributed by atoms with Crippen LogP contribution in [0.3, 0.4) is 0 Å². The van der Waals surface area contributed by atoms with Crippen LogP contribution in [0.4, 0.5) is 4.79 Å². The fourth-order valence-corrected chi connectivity index (χ4v) is 4.37. The maximum Gasteiger partial charge on any atom is 0.317 e. The van der Waals surface area contributed by atoms with Gasteiger partial charge in [0.15, 0.2) is 0 Å². The van der Waals surface area contributed by atoms with E-state index in [4.69, 9.17) is 4.74 Å². The van der Waals surface area contributed by atoms with Gasteiger partial charge in [0.25, 0.3) is 0 Å². The molecule has 5 nitrogen and oxygen atoms in total. The summed E-state index contributed by atoms with van der Waals surface area (Å²) < 4.78 is 5.19. The molecule has 150 valence electrons.